The molecule has 1 fully saturated rings. The summed E-state index contributed by atoms with van der Waals surface area (Å²) >= 11 is 0. The van der Waals surface area contributed by atoms with E-state index in [2.05, 4.69) is 4.98 Å². The van der Waals surface area contributed by atoms with E-state index in [1.54, 1.807) is 23.1 Å². The number of imidazole rings is 1. The van der Waals surface area contributed by atoms with Crippen molar-refractivity contribution in [3.05, 3.63) is 54.1 Å². The lowest BCUT2D eigenvalue weighted by molar-refractivity contribution is 0.0188. The summed E-state index contributed by atoms with van der Waals surface area (Å²) in [5.74, 6) is 1.39. The summed E-state index contributed by atoms with van der Waals surface area (Å²) < 4.78 is 26.6. The third kappa shape index (κ3) is 4.85. The topological polar surface area (TPSA) is 76.8 Å². The number of likely N-dealkylation sites (tertiary alicyclic amines) is 1. The Morgan fingerprint density at radius 1 is 1.12 bits per heavy atom. The van der Waals surface area contributed by atoms with Crippen LogP contribution in [0.25, 0.3) is 11.0 Å². The van der Waals surface area contributed by atoms with Gasteiger partial charge in [-0.1, -0.05) is 0 Å². The first-order valence-electron chi connectivity index (χ1n) is 10.8. The van der Waals surface area contributed by atoms with E-state index >= 15 is 0 Å². The van der Waals surface area contributed by atoms with Gasteiger partial charge in [-0.25, -0.2) is 14.2 Å². The first kappa shape index (κ1) is 22.1. The van der Waals surface area contributed by atoms with Gasteiger partial charge in [0, 0.05) is 25.2 Å². The first-order chi connectivity index (χ1) is 15.2. The second-order valence-corrected chi connectivity index (χ2v) is 8.96. The molecule has 1 amide bonds. The van der Waals surface area contributed by atoms with Crippen molar-refractivity contribution in [2.45, 2.75) is 51.9 Å². The lowest BCUT2D eigenvalue weighted by Gasteiger charge is -2.34. The van der Waals surface area contributed by atoms with E-state index in [9.17, 15) is 14.3 Å². The predicted molar refractivity (Wildman–Crippen MR) is 118 cm³/mol. The summed E-state index contributed by atoms with van der Waals surface area (Å²) in [5.41, 5.74) is 1.08. The molecule has 0 bridgehead atoms. The van der Waals surface area contributed by atoms with Gasteiger partial charge in [-0.05, 0) is 70.0 Å². The second-order valence-electron chi connectivity index (χ2n) is 8.96. The van der Waals surface area contributed by atoms with Crippen molar-refractivity contribution in [1.82, 2.24) is 14.5 Å². The minimum atomic E-state index is -0.528. The highest BCUT2D eigenvalue weighted by atomic mass is 19.1. The largest absolute Gasteiger partial charge is 0.457 e. The standard InChI is InChI=1S/C24H28FN3O4/c1-24(2,3)32-23(30)27-12-10-17(11-13-27)28-21-14-19(8-9-20(21)26-22(28)15-29)31-18-6-4-16(25)5-7-18/h4-9,14,17,29H,10-13,15H2,1-3H3. The van der Waals surface area contributed by atoms with E-state index in [1.165, 1.54) is 12.1 Å². The molecule has 0 saturated carbocycles. The molecule has 32 heavy (non-hydrogen) atoms. The summed E-state index contributed by atoms with van der Waals surface area (Å²) in [6.07, 6.45) is 1.14. The van der Waals surface area contributed by atoms with Gasteiger partial charge >= 0.3 is 6.09 Å². The van der Waals surface area contributed by atoms with E-state index in [4.69, 9.17) is 9.47 Å². The number of benzene rings is 2. The number of carbonyl (C=O) groups excluding carboxylic acids is 1. The zero-order chi connectivity index (χ0) is 22.9. The number of amides is 1. The molecule has 4 rings (SSSR count). The van der Waals surface area contributed by atoms with Crippen molar-refractivity contribution in [1.29, 1.82) is 0 Å². The van der Waals surface area contributed by atoms with Crippen LogP contribution in [0.5, 0.6) is 11.5 Å². The number of aliphatic hydroxyl groups excluding tert-OH is 1. The molecule has 1 N–H and O–H groups in total. The second kappa shape index (κ2) is 8.78. The lowest BCUT2D eigenvalue weighted by Crippen LogP contribution is -2.42. The molecule has 1 saturated heterocycles. The van der Waals surface area contributed by atoms with Crippen molar-refractivity contribution in [2.24, 2.45) is 0 Å². The Kier molecular flexibility index (Phi) is 6.06. The van der Waals surface area contributed by atoms with Crippen LogP contribution in [-0.2, 0) is 11.3 Å². The third-order valence-electron chi connectivity index (χ3n) is 5.41. The maximum absolute atomic E-state index is 13.2. The molecule has 1 aromatic heterocycles. The SMILES string of the molecule is CC(C)(C)OC(=O)N1CCC(n2c(CO)nc3ccc(Oc4ccc(F)cc4)cc32)CC1. The first-order valence-corrected chi connectivity index (χ1v) is 10.8. The molecule has 0 unspecified atom stereocenters. The average molecular weight is 442 g/mol. The Hall–Kier alpha value is -3.13. The summed E-state index contributed by atoms with van der Waals surface area (Å²) in [7, 11) is 0. The molecular weight excluding hydrogens is 413 g/mol. The summed E-state index contributed by atoms with van der Waals surface area (Å²) in [6, 6.07) is 11.5. The molecule has 8 heteroatoms. The summed E-state index contributed by atoms with van der Waals surface area (Å²) in [4.78, 5) is 18.7. The fourth-order valence-electron chi connectivity index (χ4n) is 3.98. The van der Waals surface area contributed by atoms with Crippen LogP contribution >= 0.6 is 0 Å². The molecule has 3 aromatic rings. The maximum Gasteiger partial charge on any atom is 0.410 e. The van der Waals surface area contributed by atoms with Gasteiger partial charge < -0.3 is 24.0 Å². The fourth-order valence-corrected chi connectivity index (χ4v) is 3.98. The predicted octanol–water partition coefficient (Wildman–Crippen LogP) is 5.03. The van der Waals surface area contributed by atoms with Gasteiger partial charge in [-0.15, -0.1) is 0 Å². The molecule has 1 aliphatic heterocycles. The van der Waals surface area contributed by atoms with Crippen molar-refractivity contribution in [2.75, 3.05) is 13.1 Å². The van der Waals surface area contributed by atoms with E-state index in [-0.39, 0.29) is 24.6 Å². The molecule has 0 radical (unpaired) electrons. The summed E-state index contributed by atoms with van der Waals surface area (Å²) in [6.45, 7) is 6.51. The van der Waals surface area contributed by atoms with Gasteiger partial charge in [0.15, 0.2) is 0 Å². The van der Waals surface area contributed by atoms with Crippen LogP contribution < -0.4 is 4.74 Å². The van der Waals surface area contributed by atoms with E-state index in [0.29, 0.717) is 30.4 Å². The van der Waals surface area contributed by atoms with Gasteiger partial charge in [0.05, 0.1) is 11.0 Å². The quantitative estimate of drug-likeness (QED) is 0.614. The Morgan fingerprint density at radius 2 is 1.78 bits per heavy atom. The minimum Gasteiger partial charge on any atom is -0.457 e. The van der Waals surface area contributed by atoms with E-state index in [0.717, 1.165) is 23.9 Å². The normalized spacial score (nSPS) is 15.2. The van der Waals surface area contributed by atoms with Crippen LogP contribution in [0.15, 0.2) is 42.5 Å². The maximum atomic E-state index is 13.2. The van der Waals surface area contributed by atoms with Crippen LogP contribution in [0.3, 0.4) is 0 Å². The number of piperidine rings is 1. The number of carbonyl (C=O) groups is 1. The zero-order valence-corrected chi connectivity index (χ0v) is 18.5. The Morgan fingerprint density at radius 3 is 2.41 bits per heavy atom. The molecule has 7 nitrogen and oxygen atoms in total. The third-order valence-corrected chi connectivity index (χ3v) is 5.41. The molecule has 1 aliphatic rings. The van der Waals surface area contributed by atoms with Crippen LogP contribution in [0.4, 0.5) is 9.18 Å². The summed E-state index contributed by atoms with van der Waals surface area (Å²) in [5, 5.41) is 9.91. The van der Waals surface area contributed by atoms with Gasteiger partial charge in [-0.2, -0.15) is 0 Å². The average Bonchev–Trinajstić information content (AvgIpc) is 3.12. The Bertz CT molecular complexity index is 1100. The van der Waals surface area contributed by atoms with Crippen LogP contribution in [0.1, 0.15) is 45.5 Å². The van der Waals surface area contributed by atoms with E-state index < -0.39 is 5.60 Å². The number of halogens is 1. The Labute approximate surface area is 186 Å². The molecule has 2 aromatic carbocycles. The number of fused-ring (bicyclic) bond motifs is 1. The van der Waals surface area contributed by atoms with Gasteiger partial charge in [0.25, 0.3) is 0 Å². The number of aliphatic hydroxyl groups is 1. The smallest absolute Gasteiger partial charge is 0.410 e. The molecule has 0 aliphatic carbocycles. The lowest BCUT2D eigenvalue weighted by atomic mass is 10.0. The highest BCUT2D eigenvalue weighted by molar-refractivity contribution is 5.78. The van der Waals surface area contributed by atoms with Crippen molar-refractivity contribution in [3.8, 4) is 11.5 Å². The van der Waals surface area contributed by atoms with Crippen LogP contribution in [0, 0.1) is 5.82 Å². The van der Waals surface area contributed by atoms with Gasteiger partial charge in [0.1, 0.15) is 35.3 Å². The number of aromatic nitrogens is 2. The number of nitrogens with zero attached hydrogens (tertiary/aromatic N) is 3. The zero-order valence-electron chi connectivity index (χ0n) is 18.5. The number of ether oxygens (including phenoxy) is 2. The van der Waals surface area contributed by atoms with Gasteiger partial charge in [0.2, 0.25) is 0 Å². The van der Waals surface area contributed by atoms with Crippen molar-refractivity contribution in [3.63, 3.8) is 0 Å². The molecule has 0 atom stereocenters. The van der Waals surface area contributed by atoms with Crippen molar-refractivity contribution < 1.29 is 23.8 Å². The molecular formula is C24H28FN3O4. The fraction of sp³-hybridized carbons (Fsp3) is 0.417. The number of rotatable bonds is 4. The number of hydrogen-bond donors (Lipinski definition) is 1. The van der Waals surface area contributed by atoms with Crippen molar-refractivity contribution >= 4 is 17.1 Å². The minimum absolute atomic E-state index is 0.0851. The molecule has 2 heterocycles. The highest BCUT2D eigenvalue weighted by Gasteiger charge is 2.29. The molecule has 0 spiro atoms. The van der Waals surface area contributed by atoms with E-state index in [1.807, 2.05) is 37.5 Å². The monoisotopic (exact) mass is 441 g/mol. The number of hydrogen-bond acceptors (Lipinski definition) is 5. The van der Waals surface area contributed by atoms with Crippen LogP contribution in [-0.4, -0.2) is 44.3 Å². The Balaban J connectivity index is 1.55. The van der Waals surface area contributed by atoms with Gasteiger partial charge in [-0.3, -0.25) is 0 Å². The highest BCUT2D eigenvalue weighted by Crippen LogP contribution is 2.32. The van der Waals surface area contributed by atoms with Crippen LogP contribution in [0.2, 0.25) is 0 Å². The molecule has 170 valence electrons.